The number of benzene rings is 3. The molecule has 0 aliphatic rings. The van der Waals surface area contributed by atoms with E-state index >= 15 is 0 Å². The van der Waals surface area contributed by atoms with Crippen molar-refractivity contribution < 1.29 is 4.74 Å². The highest BCUT2D eigenvalue weighted by Crippen LogP contribution is 2.39. The van der Waals surface area contributed by atoms with E-state index < -0.39 is 0 Å². The predicted octanol–water partition coefficient (Wildman–Crippen LogP) is 7.50. The van der Waals surface area contributed by atoms with Crippen molar-refractivity contribution in [3.8, 4) is 28.0 Å². The smallest absolute Gasteiger partial charge is 0.139 e. The molecule has 0 unspecified atom stereocenters. The number of fused-ring (bicyclic) bond motifs is 1. The van der Waals surface area contributed by atoms with E-state index in [1.54, 1.807) is 7.11 Å². The second kappa shape index (κ2) is 7.46. The first kappa shape index (κ1) is 18.8. The summed E-state index contributed by atoms with van der Waals surface area (Å²) in [6, 6.07) is 20.4. The molecule has 140 valence electrons. The molecule has 0 aliphatic heterocycles. The fraction of sp³-hybridized carbons (Fsp3) is 0.125. The van der Waals surface area contributed by atoms with Crippen LogP contribution in [-0.2, 0) is 0 Å². The summed E-state index contributed by atoms with van der Waals surface area (Å²) < 4.78 is 5.30. The van der Waals surface area contributed by atoms with Gasteiger partial charge in [0.1, 0.15) is 5.75 Å². The summed E-state index contributed by atoms with van der Waals surface area (Å²) in [5.74, 6) is 0.590. The van der Waals surface area contributed by atoms with Crippen LogP contribution < -0.4 is 4.74 Å². The van der Waals surface area contributed by atoms with Crippen LogP contribution in [0.2, 0.25) is 10.0 Å². The Labute approximate surface area is 174 Å². The molecule has 0 N–H and O–H groups in total. The fourth-order valence-corrected chi connectivity index (χ4v) is 4.18. The average Bonchev–Trinajstić information content (AvgIpc) is 2.69. The lowest BCUT2D eigenvalue weighted by Gasteiger charge is -2.14. The first-order chi connectivity index (χ1) is 13.5. The van der Waals surface area contributed by atoms with Gasteiger partial charge in [-0.3, -0.25) is 4.98 Å². The molecule has 0 saturated heterocycles. The van der Waals surface area contributed by atoms with Crippen molar-refractivity contribution in [2.45, 2.75) is 13.8 Å². The first-order valence-electron chi connectivity index (χ1n) is 8.99. The Morgan fingerprint density at radius 2 is 1.54 bits per heavy atom. The molecule has 4 heteroatoms. The molecular weight excluding hydrogens is 389 g/mol. The molecule has 0 radical (unpaired) electrons. The minimum Gasteiger partial charge on any atom is -0.495 e. The average molecular weight is 408 g/mol. The minimum atomic E-state index is 0.517. The van der Waals surface area contributed by atoms with E-state index in [9.17, 15) is 0 Å². The molecule has 1 aromatic heterocycles. The summed E-state index contributed by atoms with van der Waals surface area (Å²) in [4.78, 5) is 4.73. The lowest BCUT2D eigenvalue weighted by atomic mass is 9.96. The van der Waals surface area contributed by atoms with Gasteiger partial charge in [-0.15, -0.1) is 0 Å². The number of aromatic nitrogens is 1. The monoisotopic (exact) mass is 407 g/mol. The quantitative estimate of drug-likeness (QED) is 0.350. The molecule has 0 fully saturated rings. The summed E-state index contributed by atoms with van der Waals surface area (Å²) in [5, 5.41) is 1.98. The van der Waals surface area contributed by atoms with Crippen LogP contribution in [0, 0.1) is 13.8 Å². The molecule has 0 saturated carbocycles. The van der Waals surface area contributed by atoms with Crippen molar-refractivity contribution >= 4 is 34.1 Å². The highest BCUT2D eigenvalue weighted by molar-refractivity contribution is 6.39. The van der Waals surface area contributed by atoms with Gasteiger partial charge in [0, 0.05) is 22.7 Å². The zero-order valence-corrected chi connectivity index (χ0v) is 17.4. The van der Waals surface area contributed by atoms with E-state index in [1.807, 2.05) is 19.1 Å². The first-order valence-corrected chi connectivity index (χ1v) is 9.75. The van der Waals surface area contributed by atoms with E-state index in [0.29, 0.717) is 15.8 Å². The number of rotatable bonds is 3. The highest BCUT2D eigenvalue weighted by Gasteiger charge is 2.15. The van der Waals surface area contributed by atoms with Crippen molar-refractivity contribution in [2.24, 2.45) is 0 Å². The summed E-state index contributed by atoms with van der Waals surface area (Å²) >= 11 is 13.1. The van der Waals surface area contributed by atoms with Crippen LogP contribution in [0.25, 0.3) is 33.2 Å². The lowest BCUT2D eigenvalue weighted by molar-refractivity contribution is 0.415. The van der Waals surface area contributed by atoms with Crippen molar-refractivity contribution in [2.75, 3.05) is 7.11 Å². The summed E-state index contributed by atoms with van der Waals surface area (Å²) in [6.45, 7) is 4.09. The van der Waals surface area contributed by atoms with Crippen LogP contribution in [-0.4, -0.2) is 12.1 Å². The molecular formula is C24H19Cl2NO. The van der Waals surface area contributed by atoms with Gasteiger partial charge in [0.05, 0.1) is 22.7 Å². The SMILES string of the molecule is COc1cc2nc(C)c(-c3ccc(-c4ccccc4C)cc3)c(Cl)c2cc1Cl. The van der Waals surface area contributed by atoms with E-state index in [2.05, 4.69) is 55.5 Å². The number of methoxy groups -OCH3 is 1. The van der Waals surface area contributed by atoms with E-state index in [4.69, 9.17) is 32.9 Å². The van der Waals surface area contributed by atoms with Gasteiger partial charge in [-0.05, 0) is 42.2 Å². The molecule has 0 amide bonds. The Balaban J connectivity index is 1.84. The maximum absolute atomic E-state index is 6.79. The zero-order valence-electron chi connectivity index (χ0n) is 15.9. The van der Waals surface area contributed by atoms with E-state index in [-0.39, 0.29) is 0 Å². The summed E-state index contributed by atoms with van der Waals surface area (Å²) in [5.41, 5.74) is 7.24. The molecule has 1 heterocycles. The number of ether oxygens (including phenoxy) is 1. The van der Waals surface area contributed by atoms with Crippen LogP contribution in [0.1, 0.15) is 11.3 Å². The van der Waals surface area contributed by atoms with Gasteiger partial charge >= 0.3 is 0 Å². The number of nitrogens with zero attached hydrogens (tertiary/aromatic N) is 1. The van der Waals surface area contributed by atoms with Gasteiger partial charge < -0.3 is 4.74 Å². The van der Waals surface area contributed by atoms with Crippen molar-refractivity contribution in [3.05, 3.63) is 82.0 Å². The third-order valence-corrected chi connectivity index (χ3v) is 5.69. The highest BCUT2D eigenvalue weighted by atomic mass is 35.5. The van der Waals surface area contributed by atoms with Gasteiger partial charge in [0.25, 0.3) is 0 Å². The molecule has 3 aromatic carbocycles. The van der Waals surface area contributed by atoms with Crippen molar-refractivity contribution in [3.63, 3.8) is 0 Å². The maximum Gasteiger partial charge on any atom is 0.139 e. The second-order valence-corrected chi connectivity index (χ2v) is 7.57. The molecule has 4 rings (SSSR count). The normalized spacial score (nSPS) is 11.0. The predicted molar refractivity (Wildman–Crippen MR) is 119 cm³/mol. The largest absolute Gasteiger partial charge is 0.495 e. The number of hydrogen-bond donors (Lipinski definition) is 0. The number of halogens is 2. The van der Waals surface area contributed by atoms with Gasteiger partial charge in [-0.25, -0.2) is 0 Å². The van der Waals surface area contributed by atoms with Gasteiger partial charge in [-0.2, -0.15) is 0 Å². The lowest BCUT2D eigenvalue weighted by Crippen LogP contribution is -1.94. The van der Waals surface area contributed by atoms with Crippen LogP contribution >= 0.6 is 23.2 Å². The van der Waals surface area contributed by atoms with Gasteiger partial charge in [0.2, 0.25) is 0 Å². The van der Waals surface area contributed by atoms with Crippen LogP contribution in [0.3, 0.4) is 0 Å². The van der Waals surface area contributed by atoms with Crippen LogP contribution in [0.15, 0.2) is 60.7 Å². The van der Waals surface area contributed by atoms with E-state index in [0.717, 1.165) is 27.7 Å². The van der Waals surface area contributed by atoms with Crippen molar-refractivity contribution in [1.82, 2.24) is 4.98 Å². The standard InChI is InChI=1S/C24H19Cl2NO/c1-14-6-4-5-7-18(14)16-8-10-17(11-9-16)23-15(2)27-21-13-22(28-3)20(25)12-19(21)24(23)26/h4-13H,1-3H3. The molecule has 4 aromatic rings. The number of pyridine rings is 1. The Morgan fingerprint density at radius 1 is 0.857 bits per heavy atom. The minimum absolute atomic E-state index is 0.517. The Morgan fingerprint density at radius 3 is 2.21 bits per heavy atom. The Bertz CT molecular complexity index is 1180. The van der Waals surface area contributed by atoms with Gasteiger partial charge in [-0.1, -0.05) is 71.7 Å². The molecule has 0 atom stereocenters. The second-order valence-electron chi connectivity index (χ2n) is 6.78. The Kier molecular flexibility index (Phi) is 5.01. The third-order valence-electron chi connectivity index (χ3n) is 5.01. The fourth-order valence-electron chi connectivity index (χ4n) is 3.55. The zero-order chi connectivity index (χ0) is 19.8. The number of aryl methyl sites for hydroxylation is 2. The molecule has 28 heavy (non-hydrogen) atoms. The topological polar surface area (TPSA) is 22.1 Å². The molecule has 0 aliphatic carbocycles. The van der Waals surface area contributed by atoms with Gasteiger partial charge in [0.15, 0.2) is 0 Å². The van der Waals surface area contributed by atoms with Crippen LogP contribution in [0.4, 0.5) is 0 Å². The number of hydrogen-bond acceptors (Lipinski definition) is 2. The Hall–Kier alpha value is -2.55. The molecule has 0 spiro atoms. The van der Waals surface area contributed by atoms with E-state index in [1.165, 1.54) is 16.7 Å². The maximum atomic E-state index is 6.79. The third kappa shape index (κ3) is 3.23. The van der Waals surface area contributed by atoms with Crippen molar-refractivity contribution in [1.29, 1.82) is 0 Å². The molecule has 0 bridgehead atoms. The summed E-state index contributed by atoms with van der Waals surface area (Å²) in [6.07, 6.45) is 0. The van der Waals surface area contributed by atoms with Crippen LogP contribution in [0.5, 0.6) is 5.75 Å². The summed E-state index contributed by atoms with van der Waals surface area (Å²) in [7, 11) is 1.59. The molecule has 2 nitrogen and oxygen atoms in total.